The predicted octanol–water partition coefficient (Wildman–Crippen LogP) is 5.74. The van der Waals surface area contributed by atoms with Gasteiger partial charge in [0.25, 0.3) is 0 Å². The number of amides is 2. The number of carbonyl (C=O) groups excluding carboxylic acids is 2. The van der Waals surface area contributed by atoms with Gasteiger partial charge in [0.05, 0.1) is 22.4 Å². The minimum atomic E-state index is -0.504. The summed E-state index contributed by atoms with van der Waals surface area (Å²) in [4.78, 5) is 28.4. The summed E-state index contributed by atoms with van der Waals surface area (Å²) in [6.07, 6.45) is 1.91. The Morgan fingerprint density at radius 1 is 1.03 bits per heavy atom. The van der Waals surface area contributed by atoms with Gasteiger partial charge >= 0.3 is 0 Å². The van der Waals surface area contributed by atoms with Crippen LogP contribution in [0.2, 0.25) is 0 Å². The Morgan fingerprint density at radius 3 is 2.51 bits per heavy atom. The maximum absolute atomic E-state index is 15.3. The smallest absolute Gasteiger partial charge is 0.240 e. The van der Waals surface area contributed by atoms with Crippen molar-refractivity contribution in [3.05, 3.63) is 101 Å². The lowest BCUT2D eigenvalue weighted by molar-refractivity contribution is -0.123. The fraction of sp³-hybridized carbons (Fsp3) is 0.258. The van der Waals surface area contributed by atoms with E-state index < -0.39 is 5.25 Å². The molecular weight excluding hydrogens is 511 g/mol. The third kappa shape index (κ3) is 4.85. The molecular formula is C31H29FN4O2S. The molecule has 4 aromatic rings. The molecule has 3 aromatic carbocycles. The lowest BCUT2D eigenvalue weighted by Crippen LogP contribution is -2.43. The summed E-state index contributed by atoms with van der Waals surface area (Å²) < 4.78 is 17.1. The molecule has 1 aliphatic heterocycles. The highest BCUT2D eigenvalue weighted by Crippen LogP contribution is 2.49. The van der Waals surface area contributed by atoms with Gasteiger partial charge in [-0.25, -0.2) is 9.07 Å². The zero-order chi connectivity index (χ0) is 27.1. The van der Waals surface area contributed by atoms with E-state index in [-0.39, 0.29) is 36.0 Å². The van der Waals surface area contributed by atoms with Gasteiger partial charge in [-0.3, -0.25) is 14.5 Å². The summed E-state index contributed by atoms with van der Waals surface area (Å²) in [5, 5.41) is 7.61. The Morgan fingerprint density at radius 2 is 1.77 bits per heavy atom. The average Bonchev–Trinajstić information content (AvgIpc) is 3.69. The fourth-order valence-corrected chi connectivity index (χ4v) is 6.26. The van der Waals surface area contributed by atoms with Crippen LogP contribution in [0.15, 0.2) is 72.8 Å². The molecule has 6 rings (SSSR count). The van der Waals surface area contributed by atoms with Crippen molar-refractivity contribution in [2.75, 3.05) is 17.2 Å². The quantitative estimate of drug-likeness (QED) is 0.339. The molecule has 1 unspecified atom stereocenters. The highest BCUT2D eigenvalue weighted by molar-refractivity contribution is 8.00. The van der Waals surface area contributed by atoms with Crippen LogP contribution >= 0.6 is 11.8 Å². The van der Waals surface area contributed by atoms with E-state index in [2.05, 4.69) is 5.32 Å². The number of hydrogen-bond acceptors (Lipinski definition) is 4. The molecule has 1 N–H and O–H groups in total. The van der Waals surface area contributed by atoms with Crippen LogP contribution in [0.4, 0.5) is 10.2 Å². The maximum Gasteiger partial charge on any atom is 0.240 e. The van der Waals surface area contributed by atoms with E-state index in [1.807, 2.05) is 68.4 Å². The number of fused-ring (bicyclic) bond motifs is 1. The second kappa shape index (κ2) is 10.3. The van der Waals surface area contributed by atoms with Crippen molar-refractivity contribution in [1.82, 2.24) is 15.1 Å². The van der Waals surface area contributed by atoms with Crippen molar-refractivity contribution in [3.63, 3.8) is 0 Å². The summed E-state index contributed by atoms with van der Waals surface area (Å²) in [6.45, 7) is 3.92. The molecule has 39 heavy (non-hydrogen) atoms. The molecule has 2 amide bonds. The van der Waals surface area contributed by atoms with E-state index >= 15 is 4.39 Å². The zero-order valence-corrected chi connectivity index (χ0v) is 22.7. The molecule has 1 saturated carbocycles. The molecule has 0 bridgehead atoms. The summed E-state index contributed by atoms with van der Waals surface area (Å²) in [5.74, 6) is -0.146. The van der Waals surface area contributed by atoms with Crippen LogP contribution in [-0.2, 0) is 9.59 Å². The Bertz CT molecular complexity index is 1560. The molecule has 1 atom stereocenters. The first-order valence-corrected chi connectivity index (χ1v) is 14.2. The van der Waals surface area contributed by atoms with Crippen LogP contribution < -0.4 is 10.2 Å². The second-order valence-electron chi connectivity index (χ2n) is 10.1. The summed E-state index contributed by atoms with van der Waals surface area (Å²) in [5.41, 5.74) is 5.63. The van der Waals surface area contributed by atoms with Crippen molar-refractivity contribution in [3.8, 4) is 16.9 Å². The molecule has 1 aliphatic carbocycles. The number of rotatable bonds is 6. The van der Waals surface area contributed by atoms with Crippen molar-refractivity contribution < 1.29 is 14.0 Å². The zero-order valence-electron chi connectivity index (χ0n) is 21.9. The number of aryl methyl sites for hydroxylation is 1. The summed E-state index contributed by atoms with van der Waals surface area (Å²) >= 11 is 1.37. The predicted molar refractivity (Wildman–Crippen MR) is 153 cm³/mol. The van der Waals surface area contributed by atoms with Crippen molar-refractivity contribution in [2.45, 2.75) is 38.0 Å². The minimum absolute atomic E-state index is 0.103. The Kier molecular flexibility index (Phi) is 6.73. The molecule has 0 radical (unpaired) electrons. The first-order chi connectivity index (χ1) is 18.9. The molecule has 1 fully saturated rings. The number of nitrogens with one attached hydrogen (secondary N) is 1. The Labute approximate surface area is 231 Å². The van der Waals surface area contributed by atoms with Gasteiger partial charge in [-0.1, -0.05) is 60.7 Å². The molecule has 0 spiro atoms. The topological polar surface area (TPSA) is 67.2 Å². The van der Waals surface area contributed by atoms with Gasteiger partial charge < -0.3 is 5.32 Å². The SMILES string of the molecule is Cc1cccc(-n2nc(-c3ccccc3)c3c2N(CC(=O)NC2CC2)C(=O)CSC3c2ccccc2F)c1C. The van der Waals surface area contributed by atoms with Crippen LogP contribution in [0.5, 0.6) is 0 Å². The number of hydrogen-bond donors (Lipinski definition) is 1. The van der Waals surface area contributed by atoms with Crippen LogP contribution in [0.3, 0.4) is 0 Å². The van der Waals surface area contributed by atoms with E-state index in [1.54, 1.807) is 21.7 Å². The van der Waals surface area contributed by atoms with E-state index in [0.717, 1.165) is 40.8 Å². The Balaban J connectivity index is 1.64. The van der Waals surface area contributed by atoms with Gasteiger partial charge in [-0.15, -0.1) is 11.8 Å². The van der Waals surface area contributed by atoms with E-state index in [4.69, 9.17) is 5.10 Å². The molecule has 8 heteroatoms. The average molecular weight is 541 g/mol. The molecule has 198 valence electrons. The number of halogens is 1. The van der Waals surface area contributed by atoms with Gasteiger partial charge in [0.1, 0.15) is 18.2 Å². The standard InChI is InChI=1S/C31H29FN4O2S/c1-19-9-8-14-25(20(19)2)36-31-28(29(34-36)21-10-4-3-5-11-21)30(23-12-6-7-13-24(23)32)39-18-27(38)35(31)17-26(37)33-22-15-16-22/h3-14,22,30H,15-18H2,1-2H3,(H,33,37). The summed E-state index contributed by atoms with van der Waals surface area (Å²) in [7, 11) is 0. The van der Waals surface area contributed by atoms with Gasteiger partial charge in [-0.2, -0.15) is 5.10 Å². The fourth-order valence-electron chi connectivity index (χ4n) is 5.04. The molecule has 6 nitrogen and oxygen atoms in total. The van der Waals surface area contributed by atoms with Crippen molar-refractivity contribution >= 4 is 29.4 Å². The van der Waals surface area contributed by atoms with Gasteiger partial charge in [0.15, 0.2) is 0 Å². The molecule has 2 heterocycles. The largest absolute Gasteiger partial charge is 0.352 e. The first kappa shape index (κ1) is 25.4. The molecule has 2 aliphatic rings. The normalized spacial score (nSPS) is 17.1. The van der Waals surface area contributed by atoms with Gasteiger partial charge in [0, 0.05) is 22.7 Å². The van der Waals surface area contributed by atoms with Gasteiger partial charge in [-0.05, 0) is 49.9 Å². The molecule has 0 saturated heterocycles. The highest BCUT2D eigenvalue weighted by atomic mass is 32.2. The lowest BCUT2D eigenvalue weighted by atomic mass is 9.99. The van der Waals surface area contributed by atoms with Crippen molar-refractivity contribution in [1.29, 1.82) is 0 Å². The first-order valence-electron chi connectivity index (χ1n) is 13.1. The third-order valence-corrected chi connectivity index (χ3v) is 8.61. The van der Waals surface area contributed by atoms with Crippen LogP contribution in [0.25, 0.3) is 16.9 Å². The van der Waals surface area contributed by atoms with E-state index in [1.165, 1.54) is 17.8 Å². The molecule has 1 aromatic heterocycles. The van der Waals surface area contributed by atoms with Crippen LogP contribution in [0, 0.1) is 19.7 Å². The highest BCUT2D eigenvalue weighted by Gasteiger charge is 2.39. The lowest BCUT2D eigenvalue weighted by Gasteiger charge is -2.24. The number of anilines is 1. The Hall–Kier alpha value is -3.91. The van der Waals surface area contributed by atoms with E-state index in [0.29, 0.717) is 17.1 Å². The second-order valence-corrected chi connectivity index (χ2v) is 11.2. The summed E-state index contributed by atoms with van der Waals surface area (Å²) in [6, 6.07) is 22.6. The van der Waals surface area contributed by atoms with Gasteiger partial charge in [0.2, 0.25) is 11.8 Å². The van der Waals surface area contributed by atoms with Crippen molar-refractivity contribution in [2.24, 2.45) is 0 Å². The maximum atomic E-state index is 15.3. The third-order valence-electron chi connectivity index (χ3n) is 7.37. The van der Waals surface area contributed by atoms with Crippen LogP contribution in [0.1, 0.15) is 40.3 Å². The van der Waals surface area contributed by atoms with Crippen LogP contribution in [-0.4, -0.2) is 39.9 Å². The monoisotopic (exact) mass is 540 g/mol. The number of benzene rings is 3. The minimum Gasteiger partial charge on any atom is -0.352 e. The number of thioether (sulfide) groups is 1. The number of aromatic nitrogens is 2. The van der Waals surface area contributed by atoms with E-state index in [9.17, 15) is 9.59 Å². The number of nitrogens with zero attached hydrogens (tertiary/aromatic N) is 3. The number of carbonyl (C=O) groups is 2.